The molecule has 2 unspecified atom stereocenters. The first-order valence-corrected chi connectivity index (χ1v) is 7.30. The van der Waals surface area contributed by atoms with Crippen LogP contribution in [0.2, 0.25) is 5.02 Å². The largest absolute Gasteiger partial charge is 0.489 e. The van der Waals surface area contributed by atoms with Crippen molar-refractivity contribution in [2.24, 2.45) is 0 Å². The van der Waals surface area contributed by atoms with Crippen LogP contribution in [0.4, 0.5) is 0 Å². The molecular weight excluding hydrogens is 278 g/mol. The highest BCUT2D eigenvalue weighted by molar-refractivity contribution is 6.32. The third-order valence-corrected chi connectivity index (χ3v) is 3.79. The van der Waals surface area contributed by atoms with Gasteiger partial charge < -0.3 is 20.3 Å². The van der Waals surface area contributed by atoms with Gasteiger partial charge in [0, 0.05) is 18.7 Å². The van der Waals surface area contributed by atoms with E-state index in [2.05, 4.69) is 12.2 Å². The number of rotatable bonds is 9. The first-order valence-electron chi connectivity index (χ1n) is 6.92. The average molecular weight is 302 g/mol. The van der Waals surface area contributed by atoms with Crippen molar-refractivity contribution in [1.82, 2.24) is 5.32 Å². The second kappa shape index (κ2) is 8.47. The number of ether oxygens (including phenoxy) is 1. The maximum absolute atomic E-state index is 9.94. The summed E-state index contributed by atoms with van der Waals surface area (Å²) in [5, 5.41) is 22.8. The Morgan fingerprint density at radius 3 is 2.70 bits per heavy atom. The van der Waals surface area contributed by atoms with Gasteiger partial charge in [0.25, 0.3) is 0 Å². The summed E-state index contributed by atoms with van der Waals surface area (Å²) < 4.78 is 5.49. The molecule has 2 atom stereocenters. The summed E-state index contributed by atoms with van der Waals surface area (Å²) in [5.41, 5.74) is -0.167. The molecule has 0 amide bonds. The zero-order valence-electron chi connectivity index (χ0n) is 12.1. The number of aliphatic hydroxyl groups is 2. The van der Waals surface area contributed by atoms with Crippen LogP contribution in [-0.2, 0) is 0 Å². The van der Waals surface area contributed by atoms with Crippen molar-refractivity contribution >= 4 is 11.6 Å². The summed E-state index contributed by atoms with van der Waals surface area (Å²) >= 11 is 5.97. The number of para-hydroxylation sites is 1. The van der Waals surface area contributed by atoms with Crippen molar-refractivity contribution < 1.29 is 14.9 Å². The molecule has 20 heavy (non-hydrogen) atoms. The highest BCUT2D eigenvalue weighted by Crippen LogP contribution is 2.23. The Morgan fingerprint density at radius 1 is 1.40 bits per heavy atom. The minimum absolute atomic E-state index is 0.129. The van der Waals surface area contributed by atoms with Crippen LogP contribution >= 0.6 is 11.6 Å². The van der Waals surface area contributed by atoms with E-state index in [1.807, 2.05) is 19.1 Å². The lowest BCUT2D eigenvalue weighted by atomic mass is 9.95. The highest BCUT2D eigenvalue weighted by Gasteiger charge is 2.21. The Kier molecular flexibility index (Phi) is 7.30. The van der Waals surface area contributed by atoms with E-state index in [0.717, 1.165) is 6.42 Å². The Balaban J connectivity index is 2.37. The van der Waals surface area contributed by atoms with Crippen molar-refractivity contribution in [3.05, 3.63) is 29.3 Å². The van der Waals surface area contributed by atoms with E-state index >= 15 is 0 Å². The number of nitrogens with one attached hydrogen (secondary N) is 1. The van der Waals surface area contributed by atoms with Gasteiger partial charge in [-0.3, -0.25) is 0 Å². The molecule has 4 nitrogen and oxygen atoms in total. The summed E-state index contributed by atoms with van der Waals surface area (Å²) in [7, 11) is 0. The van der Waals surface area contributed by atoms with Gasteiger partial charge in [-0.15, -0.1) is 0 Å². The summed E-state index contributed by atoms with van der Waals surface area (Å²) in [5.74, 6) is 0.571. The van der Waals surface area contributed by atoms with E-state index < -0.39 is 6.10 Å². The lowest BCUT2D eigenvalue weighted by molar-refractivity contribution is 0.0935. The van der Waals surface area contributed by atoms with Crippen molar-refractivity contribution in [3.8, 4) is 5.75 Å². The molecular formula is C15H24ClNO3. The predicted octanol–water partition coefficient (Wildman–Crippen LogP) is 2.22. The van der Waals surface area contributed by atoms with E-state index in [1.165, 1.54) is 0 Å². The van der Waals surface area contributed by atoms with Crippen LogP contribution < -0.4 is 10.1 Å². The number of hydrogen-bond donors (Lipinski definition) is 3. The molecule has 3 N–H and O–H groups in total. The summed E-state index contributed by atoms with van der Waals surface area (Å²) in [6.07, 6.45) is 0.906. The number of halogens is 1. The van der Waals surface area contributed by atoms with Gasteiger partial charge in [0.15, 0.2) is 0 Å². The van der Waals surface area contributed by atoms with E-state index in [9.17, 15) is 5.11 Å². The maximum atomic E-state index is 9.94. The van der Waals surface area contributed by atoms with E-state index in [-0.39, 0.29) is 18.8 Å². The van der Waals surface area contributed by atoms with Crippen LogP contribution in [0, 0.1) is 0 Å². The molecule has 0 aliphatic carbocycles. The van der Waals surface area contributed by atoms with Gasteiger partial charge in [0.05, 0.1) is 5.02 Å². The zero-order valence-corrected chi connectivity index (χ0v) is 12.9. The Bertz CT molecular complexity index is 402. The van der Waals surface area contributed by atoms with Gasteiger partial charge in [-0.25, -0.2) is 0 Å². The summed E-state index contributed by atoms with van der Waals surface area (Å²) in [6, 6.07) is 7.18. The molecule has 0 radical (unpaired) electrons. The predicted molar refractivity (Wildman–Crippen MR) is 81.4 cm³/mol. The second-order valence-corrected chi connectivity index (χ2v) is 5.57. The lowest BCUT2D eigenvalue weighted by Crippen LogP contribution is -2.47. The fourth-order valence-electron chi connectivity index (χ4n) is 1.81. The zero-order chi connectivity index (χ0) is 15.0. The van der Waals surface area contributed by atoms with Crippen molar-refractivity contribution in [3.63, 3.8) is 0 Å². The quantitative estimate of drug-likeness (QED) is 0.654. The highest BCUT2D eigenvalue weighted by atomic mass is 35.5. The molecule has 0 saturated carbocycles. The summed E-state index contributed by atoms with van der Waals surface area (Å²) in [4.78, 5) is 0. The van der Waals surface area contributed by atoms with Crippen LogP contribution in [0.25, 0.3) is 0 Å². The number of aliphatic hydroxyl groups excluding tert-OH is 2. The van der Waals surface area contributed by atoms with E-state index in [0.29, 0.717) is 23.7 Å². The fourth-order valence-corrected chi connectivity index (χ4v) is 2.00. The third kappa shape index (κ3) is 5.67. The van der Waals surface area contributed by atoms with Crippen LogP contribution in [0.1, 0.15) is 26.7 Å². The maximum Gasteiger partial charge on any atom is 0.138 e. The van der Waals surface area contributed by atoms with Crippen molar-refractivity contribution in [1.29, 1.82) is 0 Å². The molecule has 5 heteroatoms. The molecule has 1 aromatic carbocycles. The van der Waals surface area contributed by atoms with Crippen LogP contribution in [-0.4, -0.2) is 41.6 Å². The molecule has 0 spiro atoms. The van der Waals surface area contributed by atoms with Gasteiger partial charge in [0.1, 0.15) is 18.5 Å². The Morgan fingerprint density at radius 2 is 2.10 bits per heavy atom. The van der Waals surface area contributed by atoms with E-state index in [1.54, 1.807) is 12.1 Å². The number of β-amino-alcohol motifs (C(OH)–C–C–N with tert-alkyl or cyclic N) is 1. The SMILES string of the molecule is CCC(C)(CCO)NCC(O)COc1ccccc1Cl. The molecule has 1 rings (SSSR count). The molecule has 0 heterocycles. The van der Waals surface area contributed by atoms with Gasteiger partial charge in [-0.05, 0) is 31.9 Å². The van der Waals surface area contributed by atoms with E-state index in [4.69, 9.17) is 21.4 Å². The van der Waals surface area contributed by atoms with Crippen molar-refractivity contribution in [2.75, 3.05) is 19.8 Å². The normalized spacial score (nSPS) is 15.7. The van der Waals surface area contributed by atoms with Gasteiger partial charge in [-0.1, -0.05) is 30.7 Å². The smallest absolute Gasteiger partial charge is 0.138 e. The molecule has 1 aromatic rings. The average Bonchev–Trinajstić information content (AvgIpc) is 2.44. The topological polar surface area (TPSA) is 61.7 Å². The van der Waals surface area contributed by atoms with Crippen LogP contribution in [0.15, 0.2) is 24.3 Å². The number of benzene rings is 1. The molecule has 0 fully saturated rings. The van der Waals surface area contributed by atoms with Gasteiger partial charge in [0.2, 0.25) is 0 Å². The molecule has 0 aliphatic heterocycles. The van der Waals surface area contributed by atoms with Crippen LogP contribution in [0.5, 0.6) is 5.75 Å². The first-order chi connectivity index (χ1) is 9.50. The lowest BCUT2D eigenvalue weighted by Gasteiger charge is -2.30. The van der Waals surface area contributed by atoms with Gasteiger partial charge in [-0.2, -0.15) is 0 Å². The second-order valence-electron chi connectivity index (χ2n) is 5.16. The Hall–Kier alpha value is -0.810. The van der Waals surface area contributed by atoms with Gasteiger partial charge >= 0.3 is 0 Å². The number of hydrogen-bond acceptors (Lipinski definition) is 4. The minimum atomic E-state index is -0.629. The minimum Gasteiger partial charge on any atom is -0.489 e. The monoisotopic (exact) mass is 301 g/mol. The first kappa shape index (κ1) is 17.2. The Labute approximate surface area is 125 Å². The standard InChI is InChI=1S/C15H24ClNO3/c1-3-15(2,8-9-18)17-10-12(19)11-20-14-7-5-4-6-13(14)16/h4-7,12,17-19H,3,8-11H2,1-2H3. The third-order valence-electron chi connectivity index (χ3n) is 3.48. The molecule has 0 aromatic heterocycles. The molecule has 0 aliphatic rings. The van der Waals surface area contributed by atoms with Crippen LogP contribution in [0.3, 0.4) is 0 Å². The molecule has 0 saturated heterocycles. The van der Waals surface area contributed by atoms with Crippen molar-refractivity contribution in [2.45, 2.75) is 38.3 Å². The summed E-state index contributed by atoms with van der Waals surface area (Å²) in [6.45, 7) is 4.80. The molecule has 0 bridgehead atoms. The fraction of sp³-hybridized carbons (Fsp3) is 0.600. The molecule has 114 valence electrons.